The highest BCUT2D eigenvalue weighted by Gasteiger charge is 2.26. The molecule has 13 nitrogen and oxygen atoms in total. The van der Waals surface area contributed by atoms with E-state index in [0.29, 0.717) is 11.8 Å². The normalized spacial score (nSPS) is 11.6. The van der Waals surface area contributed by atoms with Crippen LogP contribution in [0, 0.1) is 0 Å². The first kappa shape index (κ1) is 87.4. The highest BCUT2D eigenvalue weighted by atomic mass is 15.2. The van der Waals surface area contributed by atoms with Gasteiger partial charge in [0.2, 0.25) is 5.95 Å². The lowest BCUT2D eigenvalue weighted by molar-refractivity contribution is 0.996. The van der Waals surface area contributed by atoms with Gasteiger partial charge in [-0.3, -0.25) is 22.8 Å². The van der Waals surface area contributed by atoms with Gasteiger partial charge in [0.15, 0.2) is 5.82 Å². The van der Waals surface area contributed by atoms with Crippen molar-refractivity contribution in [1.82, 2.24) is 62.3 Å². The summed E-state index contributed by atoms with van der Waals surface area (Å²) in [6.07, 6.45) is 5.62. The largest absolute Gasteiger partial charge is 0.309 e. The first-order valence-electron chi connectivity index (χ1n) is 50.6. The molecule has 0 aliphatic heterocycles. The van der Waals surface area contributed by atoms with Crippen LogP contribution < -0.4 is 0 Å². The number of fused-ring (bicyclic) bond motifs is 18. The second kappa shape index (κ2) is 37.1. The van der Waals surface area contributed by atoms with Crippen LogP contribution in [0.25, 0.3) is 267 Å². The summed E-state index contributed by atoms with van der Waals surface area (Å²) in [5.74, 6) is 2.16. The Bertz CT molecular complexity index is 9930. The number of para-hydroxylation sites is 5. The fourth-order valence-electron chi connectivity index (χ4n) is 22.2. The van der Waals surface area contributed by atoms with Crippen LogP contribution in [0.1, 0.15) is 0 Å². The molecule has 0 aliphatic carbocycles. The molecule has 702 valence electrons. The van der Waals surface area contributed by atoms with Gasteiger partial charge in [0.25, 0.3) is 0 Å². The van der Waals surface area contributed by atoms with Crippen LogP contribution in [0.15, 0.2) is 540 Å². The Hall–Kier alpha value is -20.4. The van der Waals surface area contributed by atoms with Gasteiger partial charge < -0.3 is 4.57 Å². The maximum absolute atomic E-state index is 5.22. The highest BCUT2D eigenvalue weighted by Crippen LogP contribution is 2.46. The summed E-state index contributed by atoms with van der Waals surface area (Å²) in [4.78, 5) is 35.2. The molecule has 0 fully saturated rings. The van der Waals surface area contributed by atoms with E-state index in [9.17, 15) is 0 Å². The molecule has 0 saturated carbocycles. The number of rotatable bonds is 15. The average Bonchev–Trinajstić information content (AvgIpc) is 1.60. The summed E-state index contributed by atoms with van der Waals surface area (Å²) >= 11 is 0. The smallest absolute Gasteiger partial charge is 0.235 e. The molecule has 0 N–H and O–H groups in total. The first-order valence-corrected chi connectivity index (χ1v) is 50.6. The van der Waals surface area contributed by atoms with E-state index in [1.54, 1.807) is 0 Å². The minimum absolute atomic E-state index is 0.640. The van der Waals surface area contributed by atoms with Gasteiger partial charge in [0.1, 0.15) is 22.8 Å². The van der Waals surface area contributed by atoms with Gasteiger partial charge in [-0.25, -0.2) is 34.9 Å². The Labute approximate surface area is 863 Å². The number of hydrogen-bond donors (Lipinski definition) is 0. The lowest BCUT2D eigenvalue weighted by Gasteiger charge is -2.12. The van der Waals surface area contributed by atoms with Crippen LogP contribution in [0.3, 0.4) is 0 Å². The van der Waals surface area contributed by atoms with E-state index in [1.165, 1.54) is 82.1 Å². The predicted molar refractivity (Wildman–Crippen MR) is 619 cm³/mol. The highest BCUT2D eigenvalue weighted by molar-refractivity contribution is 6.16. The Morgan fingerprint density at radius 2 is 0.413 bits per heavy atom. The van der Waals surface area contributed by atoms with Crippen molar-refractivity contribution in [2.24, 2.45) is 0 Å². The quantitative estimate of drug-likeness (QED) is 0.100. The minimum atomic E-state index is 0.640. The molecule has 0 saturated heterocycles. The molecule has 19 aromatic carbocycles. The third-order valence-corrected chi connectivity index (χ3v) is 29.2. The molecule has 13 heteroatoms. The molecule has 0 atom stereocenters. The zero-order chi connectivity index (χ0) is 99.1. The fourth-order valence-corrected chi connectivity index (χ4v) is 22.2. The Morgan fingerprint density at radius 3 is 0.840 bits per heavy atom. The molecule has 0 amide bonds. The Kier molecular flexibility index (Phi) is 21.6. The van der Waals surface area contributed by atoms with Gasteiger partial charge in [-0.15, -0.1) is 0 Å². The van der Waals surface area contributed by atoms with E-state index in [-0.39, 0.29) is 0 Å². The van der Waals surface area contributed by atoms with Crippen LogP contribution in [0.5, 0.6) is 0 Å². The summed E-state index contributed by atoms with van der Waals surface area (Å²) < 4.78 is 13.7. The lowest BCUT2D eigenvalue weighted by atomic mass is 10.0. The zero-order valence-corrected chi connectivity index (χ0v) is 81.2. The lowest BCUT2D eigenvalue weighted by Crippen LogP contribution is -2.04. The Morgan fingerprint density at radius 1 is 0.133 bits per heavy atom. The summed E-state index contributed by atoms with van der Waals surface area (Å²) in [5.41, 5.74) is 35.9. The van der Waals surface area contributed by atoms with Gasteiger partial charge in [-0.1, -0.05) is 352 Å². The summed E-state index contributed by atoms with van der Waals surface area (Å²) in [6, 6.07) is 184. The van der Waals surface area contributed by atoms with Crippen molar-refractivity contribution in [3.8, 4) is 135 Å². The molecule has 30 rings (SSSR count). The van der Waals surface area contributed by atoms with Crippen LogP contribution in [-0.2, 0) is 0 Å². The topological polar surface area (TPSA) is 120 Å². The van der Waals surface area contributed by atoms with Crippen molar-refractivity contribution in [3.05, 3.63) is 540 Å². The second-order valence-electron chi connectivity index (χ2n) is 37.9. The van der Waals surface area contributed by atoms with Gasteiger partial charge >= 0.3 is 0 Å². The molecule has 11 aromatic heterocycles. The zero-order valence-electron chi connectivity index (χ0n) is 81.2. The van der Waals surface area contributed by atoms with Gasteiger partial charge in [0.05, 0.1) is 66.7 Å². The van der Waals surface area contributed by atoms with Crippen LogP contribution >= 0.6 is 0 Å². The minimum Gasteiger partial charge on any atom is -0.309 e. The molecule has 0 aliphatic rings. The van der Waals surface area contributed by atoms with Gasteiger partial charge in [0, 0.05) is 134 Å². The predicted octanol–water partition coefficient (Wildman–Crippen LogP) is 34.4. The maximum atomic E-state index is 5.22. The molecule has 0 spiro atoms. The third kappa shape index (κ3) is 15.5. The van der Waals surface area contributed by atoms with Crippen molar-refractivity contribution in [2.75, 3.05) is 0 Å². The number of nitrogens with zero attached hydrogens (tertiary/aromatic N) is 13. The van der Waals surface area contributed by atoms with Gasteiger partial charge in [-0.2, -0.15) is 0 Å². The van der Waals surface area contributed by atoms with Crippen LogP contribution in [0.4, 0.5) is 0 Å². The fraction of sp³-hybridized carbons (Fsp3) is 0. The number of pyridine rings is 3. The molecule has 0 unspecified atom stereocenters. The molecular weight excluding hydrogens is 1830 g/mol. The second-order valence-corrected chi connectivity index (χ2v) is 37.9. The van der Waals surface area contributed by atoms with Crippen molar-refractivity contribution in [2.45, 2.75) is 0 Å². The summed E-state index contributed by atoms with van der Waals surface area (Å²) in [5, 5.41) is 14.1. The molecule has 0 bridgehead atoms. The monoisotopic (exact) mass is 1920 g/mol. The van der Waals surface area contributed by atoms with Crippen molar-refractivity contribution in [1.29, 1.82) is 0 Å². The molecule has 150 heavy (non-hydrogen) atoms. The average molecular weight is 1920 g/mol. The van der Waals surface area contributed by atoms with Crippen molar-refractivity contribution in [3.63, 3.8) is 0 Å². The number of aromatic nitrogens is 13. The van der Waals surface area contributed by atoms with Gasteiger partial charge in [-0.05, 0) is 219 Å². The van der Waals surface area contributed by atoms with E-state index in [4.69, 9.17) is 34.9 Å². The van der Waals surface area contributed by atoms with Crippen LogP contribution in [-0.4, -0.2) is 62.3 Å². The standard InChI is InChI=1S/C47H31N3.2C45H29N5/c1-3-11-32(12-4-1)34-20-24-38(25-21-34)50-45-27-23-36(30-43(45)42-18-10-28-48-47(42)50)37-22-26-41-40-17-7-8-19-44(40)49(46(41)31-37)39-16-9-15-35(29-39)33-13-5-2-6-14-33;1-4-13-30(14-5-1)39-29-40(31-15-6-2-7-16-31)48-45(47-39)50-41-21-11-10-19-35(41)36-24-22-33(28-43(36)50)32-23-25-42-38(27-32)37-20-12-26-46-44(37)49(42)34-17-8-3-9-18-34;1-4-13-30(14-5-1)39-29-43(48-44(47-39)31-15-6-2-7-16-31)50-40-21-11-10-19-35(40)36-24-22-33(28-42(36)50)32-23-25-41-38(27-32)37-20-12-26-46-45(37)49(41)34-17-8-3-9-18-34/h1-31H;2*1-29H. The van der Waals surface area contributed by atoms with E-state index in [2.05, 4.69) is 482 Å². The first-order chi connectivity index (χ1) is 74.4. The Balaban J connectivity index is 0.000000108. The summed E-state index contributed by atoms with van der Waals surface area (Å²) in [6.45, 7) is 0. The molecule has 30 aromatic rings. The molecular formula is C137H89N13. The van der Waals surface area contributed by atoms with Crippen molar-refractivity contribution >= 4 is 131 Å². The SMILES string of the molecule is c1ccc(-c2cc(-c3ccccc3)nc(-n3c4ccccc4c4ccc(-c5ccc6c(c5)c5cccnc5n6-c5ccccc5)cc43)n2)cc1.c1ccc(-c2cc(-n3c4ccccc4c4ccc(-c5ccc6c(c5)c5cccnc5n6-c5ccccc5)cc43)nc(-c3ccccc3)n2)cc1.c1ccc(-c2ccc(-n3c4ccc(-c5ccc6c7ccccc7n(-c7cccc(-c8ccccc8)c7)c6c5)cc4c4cccnc43)cc2)cc1. The maximum Gasteiger partial charge on any atom is 0.235 e. The van der Waals surface area contributed by atoms with E-state index >= 15 is 0 Å². The van der Waals surface area contributed by atoms with Crippen molar-refractivity contribution < 1.29 is 0 Å². The molecule has 0 radical (unpaired) electrons. The van der Waals surface area contributed by atoms with Crippen LogP contribution in [0.2, 0.25) is 0 Å². The van der Waals surface area contributed by atoms with E-state index in [0.717, 1.165) is 173 Å². The summed E-state index contributed by atoms with van der Waals surface area (Å²) in [7, 11) is 0. The third-order valence-electron chi connectivity index (χ3n) is 29.2. The van der Waals surface area contributed by atoms with E-state index < -0.39 is 0 Å². The molecule has 11 heterocycles. The van der Waals surface area contributed by atoms with E-state index in [1.807, 2.05) is 85.3 Å². The number of hydrogen-bond acceptors (Lipinski definition) is 7. The number of benzene rings is 19.